The van der Waals surface area contributed by atoms with E-state index in [2.05, 4.69) is 38.7 Å². The van der Waals surface area contributed by atoms with E-state index in [0.717, 1.165) is 30.3 Å². The molecule has 1 aliphatic rings. The molecule has 0 fully saturated rings. The Bertz CT molecular complexity index is 577. The summed E-state index contributed by atoms with van der Waals surface area (Å²) in [5, 5.41) is 10.1. The van der Waals surface area contributed by atoms with E-state index in [-0.39, 0.29) is 0 Å². The second kappa shape index (κ2) is 4.79. The van der Waals surface area contributed by atoms with Gasteiger partial charge in [0.2, 0.25) is 0 Å². The second-order valence-electron chi connectivity index (χ2n) is 5.28. The molecule has 0 amide bonds. The van der Waals surface area contributed by atoms with Crippen LogP contribution in [-0.2, 0) is 13.1 Å². The number of likely N-dealkylation sites (N-methyl/N-ethyl adjacent to an activating group) is 1. The zero-order valence-electron chi connectivity index (χ0n) is 11.4. The average molecular weight is 257 g/mol. The summed E-state index contributed by atoms with van der Waals surface area (Å²) in [5.41, 5.74) is 3.25. The van der Waals surface area contributed by atoms with E-state index in [4.69, 9.17) is 0 Å². The van der Waals surface area contributed by atoms with Gasteiger partial charge in [-0.3, -0.25) is 4.90 Å². The van der Waals surface area contributed by atoms with Crippen molar-refractivity contribution in [2.24, 2.45) is 0 Å². The van der Waals surface area contributed by atoms with Crippen LogP contribution in [0.3, 0.4) is 0 Å². The van der Waals surface area contributed by atoms with Crippen molar-refractivity contribution in [1.29, 1.82) is 0 Å². The minimum Gasteiger partial charge on any atom is -0.385 e. The molecule has 4 heteroatoms. The van der Waals surface area contributed by atoms with E-state index in [9.17, 15) is 5.11 Å². The van der Waals surface area contributed by atoms with Crippen molar-refractivity contribution in [3.63, 3.8) is 0 Å². The number of aromatic nitrogens is 2. The van der Waals surface area contributed by atoms with Gasteiger partial charge in [-0.15, -0.1) is 0 Å². The lowest BCUT2D eigenvalue weighted by atomic mass is 10.1. The van der Waals surface area contributed by atoms with Crippen molar-refractivity contribution >= 4 is 0 Å². The molecule has 0 aliphatic carbocycles. The number of imidazole rings is 1. The van der Waals surface area contributed by atoms with Crippen LogP contribution >= 0.6 is 0 Å². The van der Waals surface area contributed by atoms with E-state index < -0.39 is 6.10 Å². The summed E-state index contributed by atoms with van der Waals surface area (Å²) >= 11 is 0. The third-order valence-corrected chi connectivity index (χ3v) is 3.70. The zero-order valence-corrected chi connectivity index (χ0v) is 11.4. The maximum atomic E-state index is 10.1. The standard InChI is InChI=1S/C15H19N3O/c1-11-16-15-13(9-17(2)10-14(15)19)18(11)8-12-6-4-3-5-7-12/h3-7,14,19H,8-10H2,1-2H3. The molecule has 100 valence electrons. The summed E-state index contributed by atoms with van der Waals surface area (Å²) in [5.74, 6) is 0.975. The Morgan fingerprint density at radius 3 is 2.79 bits per heavy atom. The van der Waals surface area contributed by atoms with Gasteiger partial charge in [0.25, 0.3) is 0 Å². The Kier molecular flexibility index (Phi) is 3.12. The Balaban J connectivity index is 1.98. The Hall–Kier alpha value is -1.65. The van der Waals surface area contributed by atoms with Gasteiger partial charge >= 0.3 is 0 Å². The monoisotopic (exact) mass is 257 g/mol. The SMILES string of the molecule is Cc1nc2c(n1Cc1ccccc1)CN(C)CC2O. The first kappa shape index (κ1) is 12.4. The first-order chi connectivity index (χ1) is 9.15. The van der Waals surface area contributed by atoms with E-state index in [0.29, 0.717) is 6.54 Å². The topological polar surface area (TPSA) is 41.3 Å². The quantitative estimate of drug-likeness (QED) is 0.890. The number of β-amino-alcohol motifs (C(OH)–C–C–N with tert-alkyl or cyclic N) is 1. The average Bonchev–Trinajstić information content (AvgIpc) is 2.69. The molecule has 19 heavy (non-hydrogen) atoms. The molecule has 1 aromatic carbocycles. The number of aliphatic hydroxyl groups is 1. The van der Waals surface area contributed by atoms with Gasteiger partial charge in [-0.25, -0.2) is 4.98 Å². The van der Waals surface area contributed by atoms with Crippen LogP contribution in [0.4, 0.5) is 0 Å². The molecule has 0 saturated carbocycles. The van der Waals surface area contributed by atoms with Crippen LogP contribution in [0, 0.1) is 6.92 Å². The minimum atomic E-state index is -0.468. The highest BCUT2D eigenvalue weighted by Gasteiger charge is 2.27. The summed E-state index contributed by atoms with van der Waals surface area (Å²) in [7, 11) is 2.03. The van der Waals surface area contributed by atoms with Gasteiger partial charge in [-0.1, -0.05) is 30.3 Å². The van der Waals surface area contributed by atoms with Crippen LogP contribution in [0.1, 0.15) is 28.9 Å². The lowest BCUT2D eigenvalue weighted by Crippen LogP contribution is -2.31. The third-order valence-electron chi connectivity index (χ3n) is 3.70. The summed E-state index contributed by atoms with van der Waals surface area (Å²) in [6.45, 7) is 4.33. The van der Waals surface area contributed by atoms with E-state index in [1.807, 2.05) is 20.0 Å². The number of fused-ring (bicyclic) bond motifs is 1. The minimum absolute atomic E-state index is 0.468. The molecule has 0 bridgehead atoms. The summed E-state index contributed by atoms with van der Waals surface area (Å²) in [6.07, 6.45) is -0.468. The normalized spacial score (nSPS) is 19.4. The lowest BCUT2D eigenvalue weighted by molar-refractivity contribution is 0.102. The Morgan fingerprint density at radius 1 is 1.32 bits per heavy atom. The van der Waals surface area contributed by atoms with Crippen molar-refractivity contribution in [2.75, 3.05) is 13.6 Å². The molecule has 0 saturated heterocycles. The Morgan fingerprint density at radius 2 is 2.05 bits per heavy atom. The highest BCUT2D eigenvalue weighted by molar-refractivity contribution is 5.25. The van der Waals surface area contributed by atoms with E-state index >= 15 is 0 Å². The first-order valence-electron chi connectivity index (χ1n) is 6.61. The molecule has 2 aromatic rings. The van der Waals surface area contributed by atoms with Crippen LogP contribution in [-0.4, -0.2) is 33.1 Å². The molecule has 1 atom stereocenters. The van der Waals surface area contributed by atoms with Gasteiger partial charge in [0, 0.05) is 19.6 Å². The molecule has 1 unspecified atom stereocenters. The van der Waals surface area contributed by atoms with Crippen LogP contribution in [0.15, 0.2) is 30.3 Å². The van der Waals surface area contributed by atoms with E-state index in [1.54, 1.807) is 0 Å². The summed E-state index contributed by atoms with van der Waals surface area (Å²) < 4.78 is 2.21. The van der Waals surface area contributed by atoms with Gasteiger partial charge < -0.3 is 9.67 Å². The van der Waals surface area contributed by atoms with Crippen molar-refractivity contribution in [1.82, 2.24) is 14.5 Å². The molecule has 3 rings (SSSR count). The fourth-order valence-corrected chi connectivity index (χ4v) is 2.74. The third kappa shape index (κ3) is 2.29. The van der Waals surface area contributed by atoms with Crippen molar-refractivity contribution < 1.29 is 5.11 Å². The molecule has 0 spiro atoms. The van der Waals surface area contributed by atoms with Gasteiger partial charge in [0.15, 0.2) is 0 Å². The van der Waals surface area contributed by atoms with Gasteiger partial charge in [-0.05, 0) is 19.5 Å². The van der Waals surface area contributed by atoms with Crippen molar-refractivity contribution in [3.8, 4) is 0 Å². The lowest BCUT2D eigenvalue weighted by Gasteiger charge is -2.27. The second-order valence-corrected chi connectivity index (χ2v) is 5.28. The largest absolute Gasteiger partial charge is 0.385 e. The Labute approximate surface area is 113 Å². The van der Waals surface area contributed by atoms with Crippen LogP contribution in [0.25, 0.3) is 0 Å². The summed E-state index contributed by atoms with van der Waals surface area (Å²) in [6, 6.07) is 10.4. The molecule has 1 aliphatic heterocycles. The number of aryl methyl sites for hydroxylation is 1. The maximum Gasteiger partial charge on any atom is 0.110 e. The fourth-order valence-electron chi connectivity index (χ4n) is 2.74. The molecule has 1 aromatic heterocycles. The number of hydrogen-bond donors (Lipinski definition) is 1. The van der Waals surface area contributed by atoms with E-state index in [1.165, 1.54) is 5.56 Å². The molecule has 0 radical (unpaired) electrons. The van der Waals surface area contributed by atoms with Gasteiger partial charge in [0.1, 0.15) is 11.9 Å². The number of nitrogens with zero attached hydrogens (tertiary/aromatic N) is 3. The highest BCUT2D eigenvalue weighted by Crippen LogP contribution is 2.26. The smallest absolute Gasteiger partial charge is 0.110 e. The number of hydrogen-bond acceptors (Lipinski definition) is 3. The van der Waals surface area contributed by atoms with Crippen LogP contribution in [0.2, 0.25) is 0 Å². The van der Waals surface area contributed by atoms with Gasteiger partial charge in [-0.2, -0.15) is 0 Å². The molecule has 2 heterocycles. The molecule has 4 nitrogen and oxygen atoms in total. The number of rotatable bonds is 2. The van der Waals surface area contributed by atoms with Gasteiger partial charge in [0.05, 0.1) is 11.4 Å². The molecule has 1 N–H and O–H groups in total. The molecular formula is C15H19N3O. The number of aliphatic hydroxyl groups excluding tert-OH is 1. The fraction of sp³-hybridized carbons (Fsp3) is 0.400. The predicted octanol–water partition coefficient (Wildman–Crippen LogP) is 1.72. The predicted molar refractivity (Wildman–Crippen MR) is 73.8 cm³/mol. The summed E-state index contributed by atoms with van der Waals surface area (Å²) in [4.78, 5) is 6.68. The first-order valence-corrected chi connectivity index (χ1v) is 6.61. The van der Waals surface area contributed by atoms with Crippen molar-refractivity contribution in [2.45, 2.75) is 26.1 Å². The highest BCUT2D eigenvalue weighted by atomic mass is 16.3. The molecular weight excluding hydrogens is 238 g/mol. The van der Waals surface area contributed by atoms with Crippen LogP contribution in [0.5, 0.6) is 0 Å². The van der Waals surface area contributed by atoms with Crippen LogP contribution < -0.4 is 0 Å². The van der Waals surface area contributed by atoms with Crippen molar-refractivity contribution in [3.05, 3.63) is 53.1 Å². The zero-order chi connectivity index (χ0) is 13.4. The maximum absolute atomic E-state index is 10.1. The number of benzene rings is 1.